The predicted molar refractivity (Wildman–Crippen MR) is 156 cm³/mol. The summed E-state index contributed by atoms with van der Waals surface area (Å²) in [6.45, 7) is 4.14. The Balaban J connectivity index is 1.45. The van der Waals surface area contributed by atoms with Crippen molar-refractivity contribution in [1.82, 2.24) is 0 Å². The fourth-order valence-electron chi connectivity index (χ4n) is 4.40. The molecule has 0 saturated heterocycles. The summed E-state index contributed by atoms with van der Waals surface area (Å²) >= 11 is 0. The third kappa shape index (κ3) is 8.15. The highest BCUT2D eigenvalue weighted by Gasteiger charge is 2.34. The lowest BCUT2D eigenvalue weighted by Crippen LogP contribution is -2.29. The van der Waals surface area contributed by atoms with Crippen LogP contribution in [0.4, 0.5) is 21.9 Å². The van der Waals surface area contributed by atoms with Gasteiger partial charge in [-0.3, -0.25) is 10.1 Å². The van der Waals surface area contributed by atoms with Crippen molar-refractivity contribution in [2.75, 3.05) is 36.4 Å². The van der Waals surface area contributed by atoms with E-state index in [1.54, 1.807) is 60.7 Å². The summed E-state index contributed by atoms with van der Waals surface area (Å²) in [5, 5.41) is 14.7. The second-order valence-electron chi connectivity index (χ2n) is 10.1. The van der Waals surface area contributed by atoms with Crippen LogP contribution in [-0.2, 0) is 9.53 Å². The molecule has 41 heavy (non-hydrogen) atoms. The highest BCUT2D eigenvalue weighted by molar-refractivity contribution is 6.01. The molecular formula is C31H35N3O7. The van der Waals surface area contributed by atoms with Crippen molar-refractivity contribution in [3.05, 3.63) is 84.4 Å². The summed E-state index contributed by atoms with van der Waals surface area (Å²) in [5.74, 6) is 1.41. The minimum absolute atomic E-state index is 0.121. The van der Waals surface area contributed by atoms with Gasteiger partial charge in [-0.2, -0.15) is 0 Å². The lowest BCUT2D eigenvalue weighted by atomic mass is 9.78. The lowest BCUT2D eigenvalue weighted by molar-refractivity contribution is -0.111. The molecule has 10 nitrogen and oxygen atoms in total. The van der Waals surface area contributed by atoms with Crippen LogP contribution in [0.25, 0.3) is 0 Å². The van der Waals surface area contributed by atoms with Crippen molar-refractivity contribution in [3.63, 3.8) is 0 Å². The smallest absolute Gasteiger partial charge is 0.412 e. The molecule has 10 heteroatoms. The highest BCUT2D eigenvalue weighted by atomic mass is 16.7. The van der Waals surface area contributed by atoms with Crippen LogP contribution in [0.5, 0.6) is 17.2 Å². The van der Waals surface area contributed by atoms with Crippen molar-refractivity contribution in [3.8, 4) is 17.2 Å². The van der Waals surface area contributed by atoms with Crippen LogP contribution in [0.2, 0.25) is 0 Å². The molecule has 1 aliphatic heterocycles. The molecule has 0 spiro atoms. The van der Waals surface area contributed by atoms with E-state index >= 15 is 0 Å². The van der Waals surface area contributed by atoms with Crippen LogP contribution < -0.4 is 30.6 Å². The first-order valence-electron chi connectivity index (χ1n) is 13.3. The minimum atomic E-state index is -0.666. The van der Waals surface area contributed by atoms with Gasteiger partial charge in [0.05, 0.1) is 18.0 Å². The predicted octanol–water partition coefficient (Wildman–Crippen LogP) is 5.66. The van der Waals surface area contributed by atoms with E-state index in [2.05, 4.69) is 10.6 Å². The number of aliphatic hydroxyl groups excluding tert-OH is 1. The number of nitrogens with two attached hydrogens (primary N) is 1. The molecule has 0 aromatic heterocycles. The van der Waals surface area contributed by atoms with E-state index in [-0.39, 0.29) is 25.9 Å². The molecule has 3 aromatic carbocycles. The molecule has 1 atom stereocenters. The number of nitrogens with one attached hydrogen (secondary N) is 2. The Bertz CT molecular complexity index is 1390. The first-order chi connectivity index (χ1) is 19.7. The summed E-state index contributed by atoms with van der Waals surface area (Å²) in [5.41, 5.74) is 7.62. The van der Waals surface area contributed by atoms with Crippen LogP contribution in [0.1, 0.15) is 38.4 Å². The number of aliphatic hydroxyl groups is 1. The molecule has 0 radical (unpaired) electrons. The zero-order valence-electron chi connectivity index (χ0n) is 23.1. The fraction of sp³-hybridized carbons (Fsp3) is 0.290. The summed E-state index contributed by atoms with van der Waals surface area (Å²) in [7, 11) is 0. The first-order valence-corrected chi connectivity index (χ1v) is 13.3. The van der Waals surface area contributed by atoms with E-state index in [4.69, 9.17) is 29.8 Å². The standard InChI is InChI=1S/C31H35N3O7/c1-31(2,15-6-5-12-28(36)34-25-11-4-3-10-24(25)32)29(21-8-7-9-23(18-21)38-17-16-35)41-30(37)33-22-13-14-26-27(19-22)40-20-39-26/h3-5,7-14,18-19,29,35H,6,15-17,20,32H2,1-2H3,(H,33,37)(H,34,36)/b12-5+/t29-/m0/s1. The monoisotopic (exact) mass is 561 g/mol. The van der Waals surface area contributed by atoms with Gasteiger partial charge >= 0.3 is 6.09 Å². The van der Waals surface area contributed by atoms with E-state index in [0.29, 0.717) is 47.2 Å². The number of hydrogen-bond donors (Lipinski definition) is 4. The molecule has 4 rings (SSSR count). The van der Waals surface area contributed by atoms with Crippen molar-refractivity contribution in [2.24, 2.45) is 5.41 Å². The van der Waals surface area contributed by atoms with Crippen LogP contribution in [0.15, 0.2) is 78.9 Å². The van der Waals surface area contributed by atoms with Crippen LogP contribution in [0.3, 0.4) is 0 Å². The zero-order valence-corrected chi connectivity index (χ0v) is 23.1. The number of ether oxygens (including phenoxy) is 4. The number of hydrogen-bond acceptors (Lipinski definition) is 8. The largest absolute Gasteiger partial charge is 0.491 e. The van der Waals surface area contributed by atoms with Gasteiger partial charge in [0.1, 0.15) is 18.5 Å². The van der Waals surface area contributed by atoms with Gasteiger partial charge in [0.15, 0.2) is 11.5 Å². The van der Waals surface area contributed by atoms with Crippen molar-refractivity contribution >= 4 is 29.1 Å². The zero-order chi connectivity index (χ0) is 29.2. The van der Waals surface area contributed by atoms with Crippen molar-refractivity contribution in [1.29, 1.82) is 0 Å². The third-order valence-electron chi connectivity index (χ3n) is 6.52. The maximum absolute atomic E-state index is 13.1. The summed E-state index contributed by atoms with van der Waals surface area (Å²) in [6, 6.07) is 19.4. The van der Waals surface area contributed by atoms with Crippen molar-refractivity contribution in [2.45, 2.75) is 32.8 Å². The van der Waals surface area contributed by atoms with E-state index < -0.39 is 17.6 Å². The molecule has 0 aliphatic carbocycles. The van der Waals surface area contributed by atoms with Gasteiger partial charge in [-0.25, -0.2) is 4.79 Å². The topological polar surface area (TPSA) is 141 Å². The molecular weight excluding hydrogens is 526 g/mol. The number of rotatable bonds is 12. The van der Waals surface area contributed by atoms with Gasteiger partial charge < -0.3 is 35.1 Å². The Morgan fingerprint density at radius 2 is 1.85 bits per heavy atom. The molecule has 2 amide bonds. The molecule has 5 N–H and O–H groups in total. The van der Waals surface area contributed by atoms with Crippen LogP contribution in [0, 0.1) is 5.41 Å². The molecule has 1 heterocycles. The molecule has 1 aliphatic rings. The van der Waals surface area contributed by atoms with Crippen molar-refractivity contribution < 1.29 is 33.6 Å². The fourth-order valence-corrected chi connectivity index (χ4v) is 4.40. The SMILES string of the molecule is CC(C)(CC/C=C/C(=O)Nc1ccccc1N)[C@@H](OC(=O)Nc1ccc2c(c1)OCO2)c1cccc(OCCO)c1. The number of carbonyl (C=O) groups excluding carboxylic acids is 2. The average Bonchev–Trinajstić information content (AvgIpc) is 3.42. The summed E-state index contributed by atoms with van der Waals surface area (Å²) < 4.78 is 22.3. The Morgan fingerprint density at radius 3 is 2.66 bits per heavy atom. The molecule has 0 fully saturated rings. The third-order valence-corrected chi connectivity index (χ3v) is 6.52. The van der Waals surface area contributed by atoms with E-state index in [1.807, 2.05) is 26.0 Å². The number of amides is 2. The van der Waals surface area contributed by atoms with Gasteiger partial charge in [0.2, 0.25) is 12.7 Å². The molecule has 216 valence electrons. The van der Waals surface area contributed by atoms with Gasteiger partial charge in [-0.1, -0.05) is 44.2 Å². The Morgan fingerprint density at radius 1 is 1.05 bits per heavy atom. The summed E-state index contributed by atoms with van der Waals surface area (Å²) in [4.78, 5) is 25.5. The lowest BCUT2D eigenvalue weighted by Gasteiger charge is -2.34. The number of para-hydroxylation sites is 2. The molecule has 3 aromatic rings. The first kappa shape index (κ1) is 29.3. The van der Waals surface area contributed by atoms with Gasteiger partial charge in [0, 0.05) is 17.2 Å². The van der Waals surface area contributed by atoms with Gasteiger partial charge in [-0.15, -0.1) is 0 Å². The minimum Gasteiger partial charge on any atom is -0.491 e. The van der Waals surface area contributed by atoms with Crippen LogP contribution >= 0.6 is 0 Å². The number of fused-ring (bicyclic) bond motifs is 1. The number of nitrogen functional groups attached to an aromatic ring is 1. The van der Waals surface area contributed by atoms with Gasteiger partial charge in [0.25, 0.3) is 0 Å². The maximum Gasteiger partial charge on any atom is 0.412 e. The van der Waals surface area contributed by atoms with Crippen LogP contribution in [-0.4, -0.2) is 37.1 Å². The number of allylic oxidation sites excluding steroid dienone is 1. The maximum atomic E-state index is 13.1. The van der Waals surface area contributed by atoms with E-state index in [9.17, 15) is 9.59 Å². The Kier molecular flexibility index (Phi) is 9.70. The second-order valence-corrected chi connectivity index (χ2v) is 10.1. The van der Waals surface area contributed by atoms with Gasteiger partial charge in [-0.05, 0) is 60.9 Å². The normalized spacial score (nSPS) is 13.0. The quantitative estimate of drug-likeness (QED) is 0.164. The van der Waals surface area contributed by atoms with E-state index in [1.165, 1.54) is 6.08 Å². The Hall–Kier alpha value is -4.70. The molecule has 0 saturated carbocycles. The second kappa shape index (κ2) is 13.6. The number of benzene rings is 3. The Labute approximate surface area is 239 Å². The average molecular weight is 562 g/mol. The molecule has 0 unspecified atom stereocenters. The number of carbonyl (C=O) groups is 2. The highest BCUT2D eigenvalue weighted by Crippen LogP contribution is 2.42. The number of anilines is 3. The molecule has 0 bridgehead atoms. The summed E-state index contributed by atoms with van der Waals surface area (Å²) in [6.07, 6.45) is 3.08. The van der Waals surface area contributed by atoms with E-state index in [0.717, 1.165) is 5.56 Å².